The van der Waals surface area contributed by atoms with Crippen molar-refractivity contribution in [2.75, 3.05) is 0 Å². The molecule has 0 saturated carbocycles. The van der Waals surface area contributed by atoms with Crippen molar-refractivity contribution in [2.24, 2.45) is 0 Å². The smallest absolute Gasteiger partial charge is 0.0798 e. The van der Waals surface area contributed by atoms with E-state index in [2.05, 4.69) is 30.7 Å². The highest BCUT2D eigenvalue weighted by molar-refractivity contribution is 7.09. The quantitative estimate of drug-likeness (QED) is 0.552. The van der Waals surface area contributed by atoms with Crippen LogP contribution in [0.4, 0.5) is 0 Å². The van der Waals surface area contributed by atoms with Gasteiger partial charge < -0.3 is 5.32 Å². The third kappa shape index (κ3) is 4.90. The van der Waals surface area contributed by atoms with Crippen molar-refractivity contribution in [3.05, 3.63) is 28.7 Å². The molecule has 0 spiro atoms. The molecule has 1 heterocycles. The summed E-state index contributed by atoms with van der Waals surface area (Å²) < 4.78 is 0. The van der Waals surface area contributed by atoms with Crippen molar-refractivity contribution < 1.29 is 0 Å². The summed E-state index contributed by atoms with van der Waals surface area (Å²) in [7, 11) is 0. The number of hydrogen-bond acceptors (Lipinski definition) is 3. The number of nitrogens with zero attached hydrogens (tertiary/aromatic N) is 1. The van der Waals surface area contributed by atoms with Gasteiger partial charge in [-0.05, 0) is 33.1 Å². The van der Waals surface area contributed by atoms with Crippen LogP contribution in [0.2, 0.25) is 0 Å². The summed E-state index contributed by atoms with van der Waals surface area (Å²) in [6.45, 7) is 9.02. The first kappa shape index (κ1) is 13.4. The van der Waals surface area contributed by atoms with Crippen LogP contribution in [-0.2, 0) is 6.54 Å². The zero-order valence-corrected chi connectivity index (χ0v) is 11.1. The van der Waals surface area contributed by atoms with E-state index in [4.69, 9.17) is 0 Å². The molecule has 0 aliphatic carbocycles. The van der Waals surface area contributed by atoms with Gasteiger partial charge in [-0.1, -0.05) is 12.5 Å². The van der Waals surface area contributed by atoms with Gasteiger partial charge >= 0.3 is 0 Å². The van der Waals surface area contributed by atoms with Crippen LogP contribution in [0, 0.1) is 6.92 Å². The minimum absolute atomic E-state index is 0.589. The predicted octanol–water partition coefficient (Wildman–Crippen LogP) is 3.68. The average molecular weight is 238 g/mol. The van der Waals surface area contributed by atoms with Gasteiger partial charge in [0.15, 0.2) is 0 Å². The summed E-state index contributed by atoms with van der Waals surface area (Å²) in [5, 5.41) is 3.55. The van der Waals surface area contributed by atoms with Gasteiger partial charge in [0.25, 0.3) is 0 Å². The zero-order chi connectivity index (χ0) is 11.8. The van der Waals surface area contributed by atoms with Gasteiger partial charge in [-0.2, -0.15) is 0 Å². The Balaban J connectivity index is 2.13. The molecule has 0 aliphatic rings. The maximum Gasteiger partial charge on any atom is 0.0798 e. The minimum atomic E-state index is 0.589. The van der Waals surface area contributed by atoms with Crippen LogP contribution in [-0.4, -0.2) is 11.0 Å². The topological polar surface area (TPSA) is 24.9 Å². The van der Waals surface area contributed by atoms with Gasteiger partial charge in [0.1, 0.15) is 0 Å². The van der Waals surface area contributed by atoms with E-state index in [1.807, 2.05) is 11.6 Å². The molecule has 0 amide bonds. The fourth-order valence-electron chi connectivity index (χ4n) is 1.60. The molecule has 0 radical (unpaired) electrons. The number of unbranched alkanes of at least 4 members (excludes halogenated alkanes) is 2. The highest BCUT2D eigenvalue weighted by Gasteiger charge is 2.04. The largest absolute Gasteiger partial charge is 0.309 e. The molecule has 0 aliphatic heterocycles. The Labute approximate surface area is 103 Å². The summed E-state index contributed by atoms with van der Waals surface area (Å²) in [5.41, 5.74) is 3.08. The predicted molar refractivity (Wildman–Crippen MR) is 71.8 cm³/mol. The molecule has 1 rings (SSSR count). The van der Waals surface area contributed by atoms with E-state index in [-0.39, 0.29) is 0 Å². The molecule has 0 aromatic carbocycles. The molecule has 1 aromatic heterocycles. The molecule has 3 heteroatoms. The van der Waals surface area contributed by atoms with E-state index in [0.29, 0.717) is 6.04 Å². The number of aromatic nitrogens is 1. The van der Waals surface area contributed by atoms with Crippen molar-refractivity contribution in [2.45, 2.75) is 52.1 Å². The van der Waals surface area contributed by atoms with Crippen LogP contribution < -0.4 is 5.32 Å². The Hall–Kier alpha value is -0.670. The Kier molecular flexibility index (Phi) is 6.34. The summed E-state index contributed by atoms with van der Waals surface area (Å²) in [6.07, 6.45) is 6.92. The van der Waals surface area contributed by atoms with E-state index >= 15 is 0 Å². The van der Waals surface area contributed by atoms with Crippen LogP contribution >= 0.6 is 11.3 Å². The molecule has 1 atom stereocenters. The van der Waals surface area contributed by atoms with Crippen LogP contribution in [0.3, 0.4) is 0 Å². The summed E-state index contributed by atoms with van der Waals surface area (Å²) in [6, 6.07) is 0.589. The number of thiazole rings is 1. The van der Waals surface area contributed by atoms with Gasteiger partial charge in [0.05, 0.1) is 11.2 Å². The number of allylic oxidation sites excluding steroid dienone is 1. The SMILES string of the molecule is C=CCCCCC(C)NCc1scnc1C. The van der Waals surface area contributed by atoms with Crippen molar-refractivity contribution >= 4 is 11.3 Å². The number of hydrogen-bond donors (Lipinski definition) is 1. The fourth-order valence-corrected chi connectivity index (χ4v) is 2.33. The van der Waals surface area contributed by atoms with Crippen LogP contribution in [0.5, 0.6) is 0 Å². The second-order valence-electron chi connectivity index (χ2n) is 4.22. The highest BCUT2D eigenvalue weighted by atomic mass is 32.1. The summed E-state index contributed by atoms with van der Waals surface area (Å²) in [4.78, 5) is 5.61. The van der Waals surface area contributed by atoms with Crippen molar-refractivity contribution in [3.63, 3.8) is 0 Å². The number of nitrogens with one attached hydrogen (secondary N) is 1. The van der Waals surface area contributed by atoms with E-state index in [1.165, 1.54) is 24.1 Å². The van der Waals surface area contributed by atoms with E-state index < -0.39 is 0 Å². The standard InChI is InChI=1S/C13H22N2S/c1-4-5-6-7-8-11(2)14-9-13-12(3)15-10-16-13/h4,10-11,14H,1,5-9H2,2-3H3. The molecule has 0 fully saturated rings. The molecule has 0 bridgehead atoms. The molecule has 0 saturated heterocycles. The average Bonchev–Trinajstić information content (AvgIpc) is 2.67. The Morgan fingerprint density at radius 1 is 1.56 bits per heavy atom. The molecular weight excluding hydrogens is 216 g/mol. The van der Waals surface area contributed by atoms with Crippen molar-refractivity contribution in [3.8, 4) is 0 Å². The van der Waals surface area contributed by atoms with E-state index in [9.17, 15) is 0 Å². The van der Waals surface area contributed by atoms with Gasteiger partial charge in [-0.3, -0.25) is 0 Å². The minimum Gasteiger partial charge on any atom is -0.309 e. The van der Waals surface area contributed by atoms with Gasteiger partial charge in [-0.25, -0.2) is 4.98 Å². The molecule has 1 N–H and O–H groups in total. The Morgan fingerprint density at radius 3 is 3.00 bits per heavy atom. The molecule has 2 nitrogen and oxygen atoms in total. The first-order chi connectivity index (χ1) is 7.74. The normalized spacial score (nSPS) is 12.6. The first-order valence-electron chi connectivity index (χ1n) is 5.97. The van der Waals surface area contributed by atoms with E-state index in [1.54, 1.807) is 11.3 Å². The molecular formula is C13H22N2S. The summed E-state index contributed by atoms with van der Waals surface area (Å²) in [5.74, 6) is 0. The summed E-state index contributed by atoms with van der Waals surface area (Å²) >= 11 is 1.74. The third-order valence-corrected chi connectivity index (χ3v) is 3.69. The fraction of sp³-hybridized carbons (Fsp3) is 0.615. The van der Waals surface area contributed by atoms with Gasteiger partial charge in [0.2, 0.25) is 0 Å². The number of aryl methyl sites for hydroxylation is 1. The van der Waals surface area contributed by atoms with Crippen LogP contribution in [0.15, 0.2) is 18.2 Å². The maximum atomic E-state index is 4.25. The van der Waals surface area contributed by atoms with Crippen LogP contribution in [0.25, 0.3) is 0 Å². The lowest BCUT2D eigenvalue weighted by molar-refractivity contribution is 0.491. The molecule has 16 heavy (non-hydrogen) atoms. The lowest BCUT2D eigenvalue weighted by atomic mass is 10.1. The highest BCUT2D eigenvalue weighted by Crippen LogP contribution is 2.12. The lowest BCUT2D eigenvalue weighted by Crippen LogP contribution is -2.25. The zero-order valence-electron chi connectivity index (χ0n) is 10.3. The number of rotatable bonds is 8. The molecule has 90 valence electrons. The Morgan fingerprint density at radius 2 is 2.38 bits per heavy atom. The van der Waals surface area contributed by atoms with Crippen LogP contribution in [0.1, 0.15) is 43.2 Å². The molecule has 1 aromatic rings. The van der Waals surface area contributed by atoms with Crippen molar-refractivity contribution in [1.82, 2.24) is 10.3 Å². The maximum absolute atomic E-state index is 4.25. The third-order valence-electron chi connectivity index (χ3n) is 2.75. The monoisotopic (exact) mass is 238 g/mol. The van der Waals surface area contributed by atoms with Crippen molar-refractivity contribution in [1.29, 1.82) is 0 Å². The second-order valence-corrected chi connectivity index (χ2v) is 5.16. The van der Waals surface area contributed by atoms with Gasteiger partial charge in [0, 0.05) is 17.5 Å². The second kappa shape index (κ2) is 7.58. The van der Waals surface area contributed by atoms with Gasteiger partial charge in [-0.15, -0.1) is 17.9 Å². The molecule has 1 unspecified atom stereocenters. The van der Waals surface area contributed by atoms with E-state index in [0.717, 1.165) is 18.7 Å². The first-order valence-corrected chi connectivity index (χ1v) is 6.85. The lowest BCUT2D eigenvalue weighted by Gasteiger charge is -2.12. The Bertz CT molecular complexity index is 307.